The largest absolute Gasteiger partial charge is 0.480 e. The summed E-state index contributed by atoms with van der Waals surface area (Å²) < 4.78 is 0. The lowest BCUT2D eigenvalue weighted by atomic mass is 9.87. The van der Waals surface area contributed by atoms with E-state index in [0.29, 0.717) is 6.54 Å². The van der Waals surface area contributed by atoms with Gasteiger partial charge in [-0.3, -0.25) is 4.79 Å². The number of amides is 3. The highest BCUT2D eigenvalue weighted by atomic mass is 16.4. The topological polar surface area (TPSA) is 108 Å². The van der Waals surface area contributed by atoms with Crippen molar-refractivity contribution in [2.45, 2.75) is 40.2 Å². The van der Waals surface area contributed by atoms with E-state index >= 15 is 0 Å². The molecule has 1 atom stereocenters. The van der Waals surface area contributed by atoms with E-state index in [9.17, 15) is 14.4 Å². The number of urea groups is 1. The van der Waals surface area contributed by atoms with Gasteiger partial charge in [-0.2, -0.15) is 0 Å². The van der Waals surface area contributed by atoms with Crippen molar-refractivity contribution in [2.75, 3.05) is 13.1 Å². The fourth-order valence-electron chi connectivity index (χ4n) is 1.32. The molecule has 0 heterocycles. The number of carbonyl (C=O) groups excluding carboxylic acids is 2. The zero-order valence-electron chi connectivity index (χ0n) is 11.9. The van der Waals surface area contributed by atoms with Crippen LogP contribution in [0.5, 0.6) is 0 Å². The molecule has 0 aliphatic heterocycles. The zero-order valence-corrected chi connectivity index (χ0v) is 11.9. The van der Waals surface area contributed by atoms with Gasteiger partial charge < -0.3 is 21.1 Å². The van der Waals surface area contributed by atoms with Crippen LogP contribution in [-0.4, -0.2) is 42.1 Å². The average molecular weight is 273 g/mol. The Labute approximate surface area is 113 Å². The van der Waals surface area contributed by atoms with Crippen molar-refractivity contribution in [3.05, 3.63) is 0 Å². The van der Waals surface area contributed by atoms with Crippen molar-refractivity contribution in [1.82, 2.24) is 16.0 Å². The molecule has 0 rings (SSSR count). The summed E-state index contributed by atoms with van der Waals surface area (Å²) in [4.78, 5) is 33.8. The molecule has 0 saturated heterocycles. The Morgan fingerprint density at radius 3 is 2.16 bits per heavy atom. The predicted molar refractivity (Wildman–Crippen MR) is 70.7 cm³/mol. The standard InChI is InChI=1S/C12H23N3O4/c1-5-6-13-8(16)7-14-11(19)15-9(10(17)18)12(2,3)4/h9H,5-7H2,1-4H3,(H,13,16)(H,17,18)(H2,14,15,19)/t9-/m1/s1. The third-order valence-electron chi connectivity index (χ3n) is 2.37. The molecule has 0 saturated carbocycles. The van der Waals surface area contributed by atoms with E-state index < -0.39 is 23.5 Å². The quantitative estimate of drug-likeness (QED) is 0.558. The molecule has 0 aliphatic carbocycles. The number of carboxylic acids is 1. The van der Waals surface area contributed by atoms with Gasteiger partial charge in [0.05, 0.1) is 6.54 Å². The second kappa shape index (κ2) is 7.60. The van der Waals surface area contributed by atoms with Crippen LogP contribution in [0.2, 0.25) is 0 Å². The second-order valence-corrected chi connectivity index (χ2v) is 5.31. The smallest absolute Gasteiger partial charge is 0.326 e. The van der Waals surface area contributed by atoms with Crippen LogP contribution in [0.3, 0.4) is 0 Å². The molecular formula is C12H23N3O4. The van der Waals surface area contributed by atoms with Crippen LogP contribution in [-0.2, 0) is 9.59 Å². The summed E-state index contributed by atoms with van der Waals surface area (Å²) >= 11 is 0. The highest BCUT2D eigenvalue weighted by Gasteiger charge is 2.32. The van der Waals surface area contributed by atoms with Gasteiger partial charge in [-0.05, 0) is 11.8 Å². The first-order valence-corrected chi connectivity index (χ1v) is 6.22. The van der Waals surface area contributed by atoms with Crippen LogP contribution in [0, 0.1) is 5.41 Å². The molecule has 0 fully saturated rings. The van der Waals surface area contributed by atoms with Crippen LogP contribution in [0.15, 0.2) is 0 Å². The van der Waals surface area contributed by atoms with Crippen LogP contribution < -0.4 is 16.0 Å². The van der Waals surface area contributed by atoms with Crippen LogP contribution in [0.25, 0.3) is 0 Å². The van der Waals surface area contributed by atoms with Crippen molar-refractivity contribution in [1.29, 1.82) is 0 Å². The molecule has 7 heteroatoms. The highest BCUT2D eigenvalue weighted by molar-refractivity contribution is 5.86. The van der Waals surface area contributed by atoms with E-state index in [2.05, 4.69) is 16.0 Å². The molecule has 0 unspecified atom stereocenters. The van der Waals surface area contributed by atoms with E-state index in [1.54, 1.807) is 20.8 Å². The molecule has 110 valence electrons. The van der Waals surface area contributed by atoms with Crippen molar-refractivity contribution in [2.24, 2.45) is 5.41 Å². The number of aliphatic carboxylic acids is 1. The highest BCUT2D eigenvalue weighted by Crippen LogP contribution is 2.19. The SMILES string of the molecule is CCCNC(=O)CNC(=O)N[C@H](C(=O)O)C(C)(C)C. The maximum absolute atomic E-state index is 11.5. The van der Waals surface area contributed by atoms with Gasteiger partial charge in [0, 0.05) is 6.54 Å². The molecule has 0 spiro atoms. The lowest BCUT2D eigenvalue weighted by Crippen LogP contribution is -2.53. The summed E-state index contributed by atoms with van der Waals surface area (Å²) in [5.41, 5.74) is -0.617. The lowest BCUT2D eigenvalue weighted by molar-refractivity contribution is -0.141. The Balaban J connectivity index is 4.22. The fraction of sp³-hybridized carbons (Fsp3) is 0.750. The molecule has 0 aromatic heterocycles. The molecule has 0 aromatic carbocycles. The molecule has 0 aliphatic rings. The van der Waals surface area contributed by atoms with Gasteiger partial charge in [0.2, 0.25) is 5.91 Å². The number of rotatable bonds is 6. The molecular weight excluding hydrogens is 250 g/mol. The van der Waals surface area contributed by atoms with Gasteiger partial charge in [0.15, 0.2) is 0 Å². The third kappa shape index (κ3) is 7.28. The monoisotopic (exact) mass is 273 g/mol. The van der Waals surface area contributed by atoms with Gasteiger partial charge in [-0.15, -0.1) is 0 Å². The fourth-order valence-corrected chi connectivity index (χ4v) is 1.32. The average Bonchev–Trinajstić information content (AvgIpc) is 2.28. The molecule has 0 aromatic rings. The van der Waals surface area contributed by atoms with Crippen molar-refractivity contribution >= 4 is 17.9 Å². The van der Waals surface area contributed by atoms with Gasteiger partial charge in [-0.1, -0.05) is 27.7 Å². The number of nitrogens with one attached hydrogen (secondary N) is 3. The van der Waals surface area contributed by atoms with Crippen LogP contribution in [0.4, 0.5) is 4.79 Å². The van der Waals surface area contributed by atoms with Crippen LogP contribution >= 0.6 is 0 Å². The summed E-state index contributed by atoms with van der Waals surface area (Å²) in [7, 11) is 0. The van der Waals surface area contributed by atoms with Gasteiger partial charge >= 0.3 is 12.0 Å². The zero-order chi connectivity index (χ0) is 15.1. The number of carboxylic acid groups (broad SMARTS) is 1. The molecule has 0 bridgehead atoms. The molecule has 19 heavy (non-hydrogen) atoms. The molecule has 0 radical (unpaired) electrons. The lowest BCUT2D eigenvalue weighted by Gasteiger charge is -2.27. The Kier molecular flexibility index (Phi) is 6.89. The second-order valence-electron chi connectivity index (χ2n) is 5.31. The Morgan fingerprint density at radius 2 is 1.74 bits per heavy atom. The van der Waals surface area contributed by atoms with E-state index in [1.165, 1.54) is 0 Å². The normalized spacial score (nSPS) is 12.4. The van der Waals surface area contributed by atoms with E-state index in [4.69, 9.17) is 5.11 Å². The maximum Gasteiger partial charge on any atom is 0.326 e. The van der Waals surface area contributed by atoms with Gasteiger partial charge in [0.25, 0.3) is 0 Å². The number of hydrogen-bond acceptors (Lipinski definition) is 3. The first-order valence-electron chi connectivity index (χ1n) is 6.22. The Bertz CT molecular complexity index is 336. The molecule has 7 nitrogen and oxygen atoms in total. The summed E-state index contributed by atoms with van der Waals surface area (Å²) in [6.07, 6.45) is 0.809. The van der Waals surface area contributed by atoms with Crippen LogP contribution in [0.1, 0.15) is 34.1 Å². The minimum absolute atomic E-state index is 0.178. The third-order valence-corrected chi connectivity index (χ3v) is 2.37. The van der Waals surface area contributed by atoms with Crippen molar-refractivity contribution in [3.8, 4) is 0 Å². The minimum Gasteiger partial charge on any atom is -0.480 e. The van der Waals surface area contributed by atoms with Crippen molar-refractivity contribution in [3.63, 3.8) is 0 Å². The summed E-state index contributed by atoms with van der Waals surface area (Å²) in [5.74, 6) is -1.42. The Morgan fingerprint density at radius 1 is 1.16 bits per heavy atom. The van der Waals surface area contributed by atoms with Gasteiger partial charge in [0.1, 0.15) is 6.04 Å². The Hall–Kier alpha value is -1.79. The first kappa shape index (κ1) is 17.2. The molecule has 4 N–H and O–H groups in total. The summed E-state index contributed by atoms with van der Waals surface area (Å²) in [6, 6.07) is -1.69. The van der Waals surface area contributed by atoms with E-state index in [-0.39, 0.29) is 12.5 Å². The summed E-state index contributed by atoms with van der Waals surface area (Å²) in [6.45, 7) is 7.41. The van der Waals surface area contributed by atoms with Crippen molar-refractivity contribution < 1.29 is 19.5 Å². The number of hydrogen-bond donors (Lipinski definition) is 4. The van der Waals surface area contributed by atoms with E-state index in [0.717, 1.165) is 6.42 Å². The van der Waals surface area contributed by atoms with E-state index in [1.807, 2.05) is 6.92 Å². The summed E-state index contributed by atoms with van der Waals surface area (Å²) in [5, 5.41) is 16.3. The first-order chi connectivity index (χ1) is 8.68. The van der Waals surface area contributed by atoms with Gasteiger partial charge in [-0.25, -0.2) is 9.59 Å². The predicted octanol–water partition coefficient (Wildman–Crippen LogP) is 0.311. The minimum atomic E-state index is -1.11. The number of carbonyl (C=O) groups is 3. The maximum atomic E-state index is 11.5. The molecule has 3 amide bonds.